The predicted octanol–water partition coefficient (Wildman–Crippen LogP) is 4.34. The third kappa shape index (κ3) is 5.22. The van der Waals surface area contributed by atoms with Gasteiger partial charge in [-0.3, -0.25) is 4.90 Å². The fraction of sp³-hybridized carbons (Fsp3) is 0.700. The van der Waals surface area contributed by atoms with Crippen LogP contribution in [0.5, 0.6) is 5.75 Å². The number of nitrogens with zero attached hydrogens (tertiary/aromatic N) is 2. The minimum Gasteiger partial charge on any atom is -0.494 e. The van der Waals surface area contributed by atoms with Crippen molar-refractivity contribution < 1.29 is 4.74 Å². The molecular weight excluding hydrogens is 284 g/mol. The number of rotatable bonds is 6. The van der Waals surface area contributed by atoms with Crippen LogP contribution >= 0.6 is 0 Å². The van der Waals surface area contributed by atoms with E-state index >= 15 is 0 Å². The van der Waals surface area contributed by atoms with Crippen LogP contribution in [0.1, 0.15) is 57.6 Å². The Balaban J connectivity index is 0.00000192. The van der Waals surface area contributed by atoms with Crippen molar-refractivity contribution in [2.24, 2.45) is 0 Å². The summed E-state index contributed by atoms with van der Waals surface area (Å²) >= 11 is 0. The number of ether oxygens (including phenoxy) is 1. The normalized spacial score (nSPS) is 22.7. The van der Waals surface area contributed by atoms with Crippen molar-refractivity contribution >= 4 is 0 Å². The van der Waals surface area contributed by atoms with Crippen molar-refractivity contribution in [2.75, 3.05) is 39.8 Å². The lowest BCUT2D eigenvalue weighted by molar-refractivity contribution is 0.205. The second-order valence-electron chi connectivity index (χ2n) is 6.81. The summed E-state index contributed by atoms with van der Waals surface area (Å²) in [5.74, 6) is 1.02. The van der Waals surface area contributed by atoms with E-state index < -0.39 is 0 Å². The van der Waals surface area contributed by atoms with E-state index in [1.54, 1.807) is 0 Å². The largest absolute Gasteiger partial charge is 0.494 e. The molecule has 3 heteroatoms. The molecule has 0 saturated carbocycles. The zero-order valence-electron chi connectivity index (χ0n) is 14.0. The van der Waals surface area contributed by atoms with Gasteiger partial charge in [-0.05, 0) is 76.5 Å². The van der Waals surface area contributed by atoms with E-state index in [1.807, 2.05) is 0 Å². The van der Waals surface area contributed by atoms with Gasteiger partial charge in [-0.1, -0.05) is 26.0 Å². The molecule has 3 rings (SSSR count). The summed E-state index contributed by atoms with van der Waals surface area (Å²) in [6, 6.07) is 9.37. The molecule has 3 nitrogen and oxygen atoms in total. The van der Waals surface area contributed by atoms with Crippen molar-refractivity contribution in [2.45, 2.75) is 52.0 Å². The third-order valence-electron chi connectivity index (χ3n) is 5.12. The summed E-state index contributed by atoms with van der Waals surface area (Å²) in [4.78, 5) is 5.03. The number of likely N-dealkylation sites (tertiary alicyclic amines) is 2. The molecule has 130 valence electrons. The van der Waals surface area contributed by atoms with Gasteiger partial charge in [0, 0.05) is 12.6 Å². The summed E-state index contributed by atoms with van der Waals surface area (Å²) < 4.78 is 5.90. The lowest BCUT2D eigenvalue weighted by Crippen LogP contribution is -2.31. The molecule has 2 aliphatic heterocycles. The monoisotopic (exact) mass is 318 g/mol. The van der Waals surface area contributed by atoms with Crippen LogP contribution in [0, 0.1) is 0 Å². The zero-order chi connectivity index (χ0) is 15.2. The number of benzene rings is 1. The first-order chi connectivity index (χ1) is 10.8. The van der Waals surface area contributed by atoms with Crippen LogP contribution in [0.15, 0.2) is 24.3 Å². The van der Waals surface area contributed by atoms with Gasteiger partial charge in [-0.2, -0.15) is 0 Å². The fourth-order valence-electron chi connectivity index (χ4n) is 3.78. The minimum absolute atomic E-state index is 0. The molecule has 2 saturated heterocycles. The first-order valence-electron chi connectivity index (χ1n) is 8.98. The second kappa shape index (κ2) is 9.29. The molecule has 0 bridgehead atoms. The Kier molecular flexibility index (Phi) is 7.38. The quantitative estimate of drug-likeness (QED) is 0.726. The van der Waals surface area contributed by atoms with E-state index in [4.69, 9.17) is 4.74 Å². The van der Waals surface area contributed by atoms with Crippen LogP contribution in [0.2, 0.25) is 0 Å². The van der Waals surface area contributed by atoms with E-state index in [0.717, 1.165) is 18.8 Å². The maximum Gasteiger partial charge on any atom is 0.119 e. The van der Waals surface area contributed by atoms with Gasteiger partial charge < -0.3 is 9.64 Å². The fourth-order valence-corrected chi connectivity index (χ4v) is 3.78. The van der Waals surface area contributed by atoms with Crippen LogP contribution < -0.4 is 4.74 Å². The predicted molar refractivity (Wildman–Crippen MR) is 98.2 cm³/mol. The third-order valence-corrected chi connectivity index (χ3v) is 5.12. The molecule has 0 aromatic heterocycles. The molecule has 0 radical (unpaired) electrons. The van der Waals surface area contributed by atoms with E-state index in [9.17, 15) is 0 Å². The highest BCUT2D eigenvalue weighted by Crippen LogP contribution is 2.31. The highest BCUT2D eigenvalue weighted by atomic mass is 16.5. The average Bonchev–Trinajstić information content (AvgIpc) is 2.99. The molecule has 2 aliphatic rings. The van der Waals surface area contributed by atoms with Gasteiger partial charge >= 0.3 is 0 Å². The first kappa shape index (κ1) is 18.3. The molecule has 0 N–H and O–H groups in total. The average molecular weight is 319 g/mol. The van der Waals surface area contributed by atoms with Gasteiger partial charge in [0.15, 0.2) is 0 Å². The Morgan fingerprint density at radius 2 is 1.74 bits per heavy atom. The number of hydrogen-bond acceptors (Lipinski definition) is 3. The maximum absolute atomic E-state index is 5.90. The number of hydrogen-bond donors (Lipinski definition) is 0. The standard InChI is InChI=1S/C19H30N2O.CH4/c1-20-12-5-7-19(20)17-8-10-18(11-9-17)22-16-6-15-21-13-3-2-4-14-21;/h8-11,19H,2-7,12-16H2,1H3;1H4. The highest BCUT2D eigenvalue weighted by molar-refractivity contribution is 5.29. The SMILES string of the molecule is C.CN1CCCC1c1ccc(OCCCN2CCCCC2)cc1. The van der Waals surface area contributed by atoms with E-state index in [2.05, 4.69) is 41.1 Å². The van der Waals surface area contributed by atoms with E-state index in [0.29, 0.717) is 6.04 Å². The molecule has 23 heavy (non-hydrogen) atoms. The molecule has 0 amide bonds. The first-order valence-corrected chi connectivity index (χ1v) is 8.98. The van der Waals surface area contributed by atoms with Crippen molar-refractivity contribution in [3.8, 4) is 5.75 Å². The van der Waals surface area contributed by atoms with Gasteiger partial charge in [-0.15, -0.1) is 0 Å². The van der Waals surface area contributed by atoms with Crippen LogP contribution in [0.4, 0.5) is 0 Å². The van der Waals surface area contributed by atoms with Crippen LogP contribution in [0.3, 0.4) is 0 Å². The lowest BCUT2D eigenvalue weighted by atomic mass is 10.0. The maximum atomic E-state index is 5.90. The molecule has 1 aromatic rings. The summed E-state index contributed by atoms with van der Waals surface area (Å²) in [6.45, 7) is 5.80. The van der Waals surface area contributed by atoms with Gasteiger partial charge in [0.1, 0.15) is 5.75 Å². The lowest BCUT2D eigenvalue weighted by Gasteiger charge is -2.26. The van der Waals surface area contributed by atoms with Gasteiger partial charge in [0.2, 0.25) is 0 Å². The van der Waals surface area contributed by atoms with Gasteiger partial charge in [0.05, 0.1) is 6.61 Å². The van der Waals surface area contributed by atoms with E-state index in [1.165, 1.54) is 63.8 Å². The highest BCUT2D eigenvalue weighted by Gasteiger charge is 2.22. The molecule has 2 heterocycles. The van der Waals surface area contributed by atoms with Crippen LogP contribution in [-0.2, 0) is 0 Å². The van der Waals surface area contributed by atoms with Crippen LogP contribution in [0.25, 0.3) is 0 Å². The second-order valence-corrected chi connectivity index (χ2v) is 6.81. The Bertz CT molecular complexity index is 439. The Labute approximate surface area is 142 Å². The number of piperidine rings is 1. The Morgan fingerprint density at radius 3 is 2.39 bits per heavy atom. The van der Waals surface area contributed by atoms with Crippen LogP contribution in [-0.4, -0.2) is 49.6 Å². The minimum atomic E-state index is 0. The molecule has 1 unspecified atom stereocenters. The van der Waals surface area contributed by atoms with Gasteiger partial charge in [0.25, 0.3) is 0 Å². The molecule has 1 atom stereocenters. The molecular formula is C20H34N2O. The van der Waals surface area contributed by atoms with Gasteiger partial charge in [-0.25, -0.2) is 0 Å². The topological polar surface area (TPSA) is 15.7 Å². The molecule has 2 fully saturated rings. The summed E-state index contributed by atoms with van der Waals surface area (Å²) in [7, 11) is 2.22. The summed E-state index contributed by atoms with van der Waals surface area (Å²) in [6.07, 6.45) is 7.89. The smallest absolute Gasteiger partial charge is 0.119 e. The van der Waals surface area contributed by atoms with Crippen molar-refractivity contribution in [1.82, 2.24) is 9.80 Å². The van der Waals surface area contributed by atoms with E-state index in [-0.39, 0.29) is 7.43 Å². The summed E-state index contributed by atoms with van der Waals surface area (Å²) in [5.41, 5.74) is 1.43. The molecule has 1 aromatic carbocycles. The molecule has 0 aliphatic carbocycles. The Morgan fingerprint density at radius 1 is 1.00 bits per heavy atom. The van der Waals surface area contributed by atoms with Crippen molar-refractivity contribution in [1.29, 1.82) is 0 Å². The van der Waals surface area contributed by atoms with Crippen molar-refractivity contribution in [3.05, 3.63) is 29.8 Å². The zero-order valence-corrected chi connectivity index (χ0v) is 14.0. The summed E-state index contributed by atoms with van der Waals surface area (Å²) in [5, 5.41) is 0. The Hall–Kier alpha value is -1.06. The van der Waals surface area contributed by atoms with Crippen molar-refractivity contribution in [3.63, 3.8) is 0 Å². The molecule has 0 spiro atoms.